The maximum absolute atomic E-state index is 13.3. The molecule has 1 aliphatic rings. The van der Waals surface area contributed by atoms with Crippen LogP contribution in [0.25, 0.3) is 16.8 Å². The molecule has 0 aromatic heterocycles. The molecule has 4 aromatic carbocycles. The molecule has 0 aliphatic carbocycles. The third kappa shape index (κ3) is 6.42. The average Bonchev–Trinajstić information content (AvgIpc) is 3.25. The first-order valence-corrected chi connectivity index (χ1v) is 13.8. The van der Waals surface area contributed by atoms with Crippen molar-refractivity contribution in [3.8, 4) is 11.5 Å². The van der Waals surface area contributed by atoms with Crippen molar-refractivity contribution in [2.45, 2.75) is 13.5 Å². The van der Waals surface area contributed by atoms with Crippen LogP contribution in [0.2, 0.25) is 0 Å². The summed E-state index contributed by atoms with van der Waals surface area (Å²) in [5.41, 5.74) is 1.81. The van der Waals surface area contributed by atoms with Crippen molar-refractivity contribution in [3.05, 3.63) is 111 Å². The van der Waals surface area contributed by atoms with Gasteiger partial charge in [0.15, 0.2) is 0 Å². The molecule has 5 rings (SSSR count). The van der Waals surface area contributed by atoms with Crippen molar-refractivity contribution < 1.29 is 28.8 Å². The summed E-state index contributed by atoms with van der Waals surface area (Å²) in [6.45, 7) is 2.08. The quantitative estimate of drug-likeness (QED) is 0.129. The van der Waals surface area contributed by atoms with Crippen LogP contribution >= 0.6 is 11.8 Å². The van der Waals surface area contributed by atoms with Crippen molar-refractivity contribution in [2.24, 2.45) is 0 Å². The number of carbonyl (C=O) groups is 3. The Labute approximate surface area is 245 Å². The Kier molecular flexibility index (Phi) is 8.49. The average molecular weight is 584 g/mol. The van der Waals surface area contributed by atoms with Crippen LogP contribution in [0, 0.1) is 10.1 Å². The third-order valence-corrected chi connectivity index (χ3v) is 7.28. The van der Waals surface area contributed by atoms with Crippen LogP contribution < -0.4 is 14.8 Å². The molecular formula is C31H25N3O7S. The molecule has 10 nitrogen and oxygen atoms in total. The minimum absolute atomic E-state index is 0.0194. The van der Waals surface area contributed by atoms with Crippen LogP contribution in [0.1, 0.15) is 18.1 Å². The Bertz CT molecular complexity index is 1700. The highest BCUT2D eigenvalue weighted by Crippen LogP contribution is 2.37. The number of imide groups is 1. The van der Waals surface area contributed by atoms with E-state index in [1.165, 1.54) is 12.1 Å². The molecule has 1 saturated heterocycles. The van der Waals surface area contributed by atoms with Crippen molar-refractivity contribution >= 4 is 57.0 Å². The molecule has 0 bridgehead atoms. The number of nitro groups is 1. The van der Waals surface area contributed by atoms with E-state index in [-0.39, 0.29) is 17.2 Å². The Morgan fingerprint density at radius 3 is 2.43 bits per heavy atom. The maximum atomic E-state index is 13.3. The fourth-order valence-electron chi connectivity index (χ4n) is 4.34. The fraction of sp³-hybridized carbons (Fsp3) is 0.129. The summed E-state index contributed by atoms with van der Waals surface area (Å²) in [4.78, 5) is 50.3. The molecule has 0 atom stereocenters. The number of non-ortho nitro benzene ring substituents is 1. The lowest BCUT2D eigenvalue weighted by molar-refractivity contribution is -0.384. The summed E-state index contributed by atoms with van der Waals surface area (Å²) < 4.78 is 11.5. The number of nitrogens with one attached hydrogen (secondary N) is 1. The van der Waals surface area contributed by atoms with Crippen molar-refractivity contribution in [3.63, 3.8) is 0 Å². The molecule has 0 saturated carbocycles. The second-order valence-electron chi connectivity index (χ2n) is 9.18. The summed E-state index contributed by atoms with van der Waals surface area (Å²) in [7, 11) is 0. The molecule has 0 unspecified atom stereocenters. The van der Waals surface area contributed by atoms with Gasteiger partial charge in [0.05, 0.1) is 16.4 Å². The summed E-state index contributed by atoms with van der Waals surface area (Å²) >= 11 is 0.751. The largest absolute Gasteiger partial charge is 0.494 e. The Hall–Kier alpha value is -5.16. The number of hydrogen-bond donors (Lipinski definition) is 1. The number of rotatable bonds is 10. The molecule has 11 heteroatoms. The number of ether oxygens (including phenoxy) is 2. The number of anilines is 1. The molecule has 4 aromatic rings. The smallest absolute Gasteiger partial charge is 0.294 e. The van der Waals surface area contributed by atoms with Gasteiger partial charge in [-0.2, -0.15) is 0 Å². The van der Waals surface area contributed by atoms with Gasteiger partial charge in [0, 0.05) is 23.4 Å². The second kappa shape index (κ2) is 12.6. The van der Waals surface area contributed by atoms with Crippen LogP contribution in [0.3, 0.4) is 0 Å². The number of benzene rings is 4. The number of thioether (sulfide) groups is 1. The minimum Gasteiger partial charge on any atom is -0.494 e. The molecule has 0 spiro atoms. The van der Waals surface area contributed by atoms with Gasteiger partial charge in [-0.3, -0.25) is 29.4 Å². The van der Waals surface area contributed by atoms with E-state index in [0.29, 0.717) is 29.4 Å². The monoisotopic (exact) mass is 583 g/mol. The maximum Gasteiger partial charge on any atom is 0.294 e. The number of carbonyl (C=O) groups excluding carboxylic acids is 3. The van der Waals surface area contributed by atoms with E-state index < -0.39 is 28.5 Å². The first-order chi connectivity index (χ1) is 20.3. The highest BCUT2D eigenvalue weighted by molar-refractivity contribution is 8.18. The summed E-state index contributed by atoms with van der Waals surface area (Å²) in [6.07, 6.45) is 1.60. The summed E-state index contributed by atoms with van der Waals surface area (Å²) in [6, 6.07) is 24.0. The molecule has 1 N–H and O–H groups in total. The second-order valence-corrected chi connectivity index (χ2v) is 10.2. The lowest BCUT2D eigenvalue weighted by Gasteiger charge is -2.14. The molecule has 1 aliphatic heterocycles. The van der Waals surface area contributed by atoms with Gasteiger partial charge in [-0.05, 0) is 83.6 Å². The zero-order chi connectivity index (χ0) is 29.6. The predicted octanol–water partition coefficient (Wildman–Crippen LogP) is 6.40. The predicted molar refractivity (Wildman–Crippen MR) is 160 cm³/mol. The first-order valence-electron chi connectivity index (χ1n) is 13.0. The molecule has 0 radical (unpaired) electrons. The van der Waals surface area contributed by atoms with E-state index in [4.69, 9.17) is 9.47 Å². The number of fused-ring (bicyclic) bond motifs is 1. The highest BCUT2D eigenvalue weighted by atomic mass is 32.2. The van der Waals surface area contributed by atoms with Gasteiger partial charge in [0.2, 0.25) is 5.91 Å². The number of nitrogens with zero attached hydrogens (tertiary/aromatic N) is 2. The lowest BCUT2D eigenvalue weighted by atomic mass is 10.0. The SMILES string of the molecule is CCOc1ccc(NC(=O)CN2C(=O)S/C(=C/c3c(OCc4ccc([N+](=O)[O-])cc4)ccc4ccccc34)C2=O)cc1. The third-order valence-electron chi connectivity index (χ3n) is 6.37. The Morgan fingerprint density at radius 1 is 0.976 bits per heavy atom. The normalized spacial score (nSPS) is 13.9. The van der Waals surface area contributed by atoms with E-state index >= 15 is 0 Å². The number of nitro benzene ring substituents is 1. The van der Waals surface area contributed by atoms with Crippen LogP contribution in [0.5, 0.6) is 11.5 Å². The zero-order valence-electron chi connectivity index (χ0n) is 22.4. The van der Waals surface area contributed by atoms with E-state index in [0.717, 1.165) is 33.0 Å². The molecule has 1 fully saturated rings. The van der Waals surface area contributed by atoms with Gasteiger partial charge in [-0.15, -0.1) is 0 Å². The first kappa shape index (κ1) is 28.4. The van der Waals surface area contributed by atoms with Crippen LogP contribution in [-0.4, -0.2) is 40.0 Å². The van der Waals surface area contributed by atoms with E-state index in [1.54, 1.807) is 48.5 Å². The summed E-state index contributed by atoms with van der Waals surface area (Å²) in [5, 5.41) is 14.8. The Balaban J connectivity index is 1.35. The van der Waals surface area contributed by atoms with Gasteiger partial charge >= 0.3 is 0 Å². The molecule has 3 amide bonds. The minimum atomic E-state index is -0.582. The van der Waals surface area contributed by atoms with Crippen molar-refractivity contribution in [2.75, 3.05) is 18.5 Å². The number of hydrogen-bond acceptors (Lipinski definition) is 8. The number of amides is 3. The van der Waals surface area contributed by atoms with Crippen molar-refractivity contribution in [1.82, 2.24) is 4.90 Å². The van der Waals surface area contributed by atoms with Gasteiger partial charge in [0.1, 0.15) is 24.7 Å². The fourth-order valence-corrected chi connectivity index (χ4v) is 5.16. The molecule has 212 valence electrons. The molecule has 42 heavy (non-hydrogen) atoms. The zero-order valence-corrected chi connectivity index (χ0v) is 23.3. The van der Waals surface area contributed by atoms with Crippen LogP contribution in [0.4, 0.5) is 16.2 Å². The van der Waals surface area contributed by atoms with Gasteiger partial charge in [0.25, 0.3) is 16.8 Å². The van der Waals surface area contributed by atoms with E-state index in [1.807, 2.05) is 37.3 Å². The van der Waals surface area contributed by atoms with Gasteiger partial charge in [-0.1, -0.05) is 30.3 Å². The summed E-state index contributed by atoms with van der Waals surface area (Å²) in [5.74, 6) is 0.0317. The van der Waals surface area contributed by atoms with E-state index in [9.17, 15) is 24.5 Å². The van der Waals surface area contributed by atoms with Gasteiger partial charge in [-0.25, -0.2) is 0 Å². The van der Waals surface area contributed by atoms with E-state index in [2.05, 4.69) is 5.32 Å². The highest BCUT2D eigenvalue weighted by Gasteiger charge is 2.36. The van der Waals surface area contributed by atoms with Crippen LogP contribution in [-0.2, 0) is 16.2 Å². The Morgan fingerprint density at radius 2 is 1.71 bits per heavy atom. The topological polar surface area (TPSA) is 128 Å². The standard InChI is InChI=1S/C31H25N3O7S/c1-2-40-24-14-10-22(11-15-24)32-29(35)18-33-30(36)28(42-31(33)37)17-26-25-6-4-3-5-21(25)9-16-27(26)41-19-20-7-12-23(13-8-20)34(38)39/h3-17H,2,18-19H2,1H3,(H,32,35)/b28-17+. The van der Waals surface area contributed by atoms with Gasteiger partial charge < -0.3 is 14.8 Å². The lowest BCUT2D eigenvalue weighted by Crippen LogP contribution is -2.36. The van der Waals surface area contributed by atoms with Crippen molar-refractivity contribution in [1.29, 1.82) is 0 Å². The molecule has 1 heterocycles. The van der Waals surface area contributed by atoms with Crippen LogP contribution in [0.15, 0.2) is 89.8 Å². The molecular weight excluding hydrogens is 558 g/mol.